The van der Waals surface area contributed by atoms with Crippen molar-refractivity contribution in [3.63, 3.8) is 0 Å². The van der Waals surface area contributed by atoms with Crippen molar-refractivity contribution in [3.05, 3.63) is 46.9 Å². The molecule has 1 aliphatic heterocycles. The molecule has 1 saturated heterocycles. The first kappa shape index (κ1) is 28.2. The van der Waals surface area contributed by atoms with Crippen LogP contribution in [0.3, 0.4) is 0 Å². The van der Waals surface area contributed by atoms with Crippen molar-refractivity contribution in [2.75, 3.05) is 32.1 Å². The Bertz CT molecular complexity index is 1340. The number of likely N-dealkylation sites (N-methyl/N-ethyl adjacent to an activating group) is 1. The minimum absolute atomic E-state index is 0.0331. The van der Waals surface area contributed by atoms with Crippen molar-refractivity contribution in [2.45, 2.75) is 23.3 Å². The number of nitrogens with one attached hydrogen (secondary N) is 1. The van der Waals surface area contributed by atoms with E-state index in [2.05, 4.69) is 31.2 Å². The molecule has 1 aliphatic rings. The quantitative estimate of drug-likeness (QED) is 0.143. The van der Waals surface area contributed by atoms with E-state index >= 15 is 0 Å². The molecule has 0 unspecified atom stereocenters. The Kier molecular flexibility index (Phi) is 7.25. The van der Waals surface area contributed by atoms with E-state index in [1.54, 1.807) is 6.07 Å². The first-order chi connectivity index (χ1) is 17.5. The Balaban J connectivity index is 1.74. The number of likely N-dealkylation sites (tertiary alicyclic amines) is 1. The van der Waals surface area contributed by atoms with Crippen LogP contribution in [0, 0.1) is 5.82 Å². The van der Waals surface area contributed by atoms with Crippen LogP contribution in [0.5, 0.6) is 11.5 Å². The van der Waals surface area contributed by atoms with Gasteiger partial charge in [0.05, 0.1) is 24.3 Å². The lowest BCUT2D eigenvalue weighted by atomic mass is 9.80. The van der Waals surface area contributed by atoms with E-state index < -0.39 is 60.3 Å². The third kappa shape index (κ3) is 5.50. The van der Waals surface area contributed by atoms with Crippen LogP contribution < -0.4 is 14.8 Å². The summed E-state index contributed by atoms with van der Waals surface area (Å²) in [5, 5.41) is 83.5. The van der Waals surface area contributed by atoms with Gasteiger partial charge in [0.15, 0.2) is 11.5 Å². The lowest BCUT2D eigenvalue weighted by Crippen LogP contribution is -2.79. The molecule has 1 fully saturated rings. The number of piperidine rings is 1. The van der Waals surface area contributed by atoms with Crippen LogP contribution >= 0.6 is 15.9 Å². The maximum absolute atomic E-state index is 14.4. The van der Waals surface area contributed by atoms with Gasteiger partial charge in [-0.15, -0.1) is 0 Å². The summed E-state index contributed by atoms with van der Waals surface area (Å²) in [5.41, 5.74) is -2.92. The largest absolute Gasteiger partial charge is 0.486 e. The predicted octanol–water partition coefficient (Wildman–Crippen LogP) is -1.34. The number of nitrogens with zero attached hydrogens (tertiary/aromatic N) is 3. The second-order valence-corrected chi connectivity index (χ2v) is 9.83. The van der Waals surface area contributed by atoms with Crippen LogP contribution in [-0.4, -0.2) is 106 Å². The van der Waals surface area contributed by atoms with Gasteiger partial charge >= 0.3 is 6.16 Å². The van der Waals surface area contributed by atoms with Crippen molar-refractivity contribution in [1.29, 1.82) is 0 Å². The molecule has 2 aromatic carbocycles. The van der Waals surface area contributed by atoms with E-state index in [0.717, 1.165) is 23.4 Å². The summed E-state index contributed by atoms with van der Waals surface area (Å²) in [6.07, 6.45) is -2.60. The molecule has 0 saturated carbocycles. The topological polar surface area (TPSA) is 221 Å². The summed E-state index contributed by atoms with van der Waals surface area (Å²) in [5.74, 6) is -7.75. The molecule has 0 radical (unpaired) electrons. The highest BCUT2D eigenvalue weighted by molar-refractivity contribution is 9.10. The summed E-state index contributed by atoms with van der Waals surface area (Å²) in [6.45, 7) is -2.32. The summed E-state index contributed by atoms with van der Waals surface area (Å²) in [7, 11) is 1.35. The fraction of sp³-hybridized carbons (Fsp3) is 0.364. The molecule has 1 aromatic heterocycles. The first-order valence-corrected chi connectivity index (χ1v) is 11.6. The Morgan fingerprint density at radius 1 is 1.03 bits per heavy atom. The number of rotatable bonds is 7. The number of aromatic nitrogens is 2. The van der Waals surface area contributed by atoms with Crippen molar-refractivity contribution in [1.82, 2.24) is 14.9 Å². The lowest BCUT2D eigenvalue weighted by molar-refractivity contribution is -0.420. The van der Waals surface area contributed by atoms with Gasteiger partial charge in [0.2, 0.25) is 17.2 Å². The van der Waals surface area contributed by atoms with Crippen LogP contribution in [0.1, 0.15) is 0 Å². The van der Waals surface area contributed by atoms with E-state index in [0.29, 0.717) is 4.47 Å². The van der Waals surface area contributed by atoms with Gasteiger partial charge in [0.1, 0.15) is 24.6 Å². The minimum Gasteiger partial charge on any atom is -0.486 e. The molecule has 0 aliphatic carbocycles. The smallest absolute Gasteiger partial charge is 0.453 e. The average molecular weight is 603 g/mol. The second kappa shape index (κ2) is 9.76. The summed E-state index contributed by atoms with van der Waals surface area (Å²) < 4.78 is 25.0. The van der Waals surface area contributed by atoms with E-state index in [1.807, 2.05) is 0 Å². The van der Waals surface area contributed by atoms with Gasteiger partial charge < -0.3 is 55.6 Å². The van der Waals surface area contributed by atoms with E-state index in [9.17, 15) is 45.2 Å². The van der Waals surface area contributed by atoms with Crippen molar-refractivity contribution < 1.29 is 54.7 Å². The Morgan fingerprint density at radius 3 is 2.29 bits per heavy atom. The second-order valence-electron chi connectivity index (χ2n) is 8.92. The molecule has 0 amide bonds. The van der Waals surface area contributed by atoms with Crippen LogP contribution in [0.25, 0.3) is 10.9 Å². The molecule has 2 heterocycles. The predicted molar refractivity (Wildman–Crippen MR) is 129 cm³/mol. The van der Waals surface area contributed by atoms with Gasteiger partial charge in [-0.05, 0) is 31.3 Å². The number of fused-ring (bicyclic) bond motifs is 1. The van der Waals surface area contributed by atoms with Crippen LogP contribution in [-0.2, 0) is 0 Å². The van der Waals surface area contributed by atoms with Gasteiger partial charge in [-0.3, -0.25) is 4.90 Å². The summed E-state index contributed by atoms with van der Waals surface area (Å²) in [4.78, 5) is 9.25. The standard InChI is InChI=1S/C22H24BrFN4O10/c1-28-7-20(30,31)19(29,21(32,33)8-28)9-37-16-6-15-12(5-17(16)38-22(34,35)36)18(26-10-25-15)27-14-3-2-11(23)4-13(14)24/h2-6,10,29-36H,7-9H2,1H3,(H,25,26,27). The van der Waals surface area contributed by atoms with Crippen LogP contribution in [0.2, 0.25) is 0 Å². The molecule has 0 spiro atoms. The Morgan fingerprint density at radius 2 is 1.68 bits per heavy atom. The summed E-state index contributed by atoms with van der Waals surface area (Å²) >= 11 is 3.15. The summed E-state index contributed by atoms with van der Waals surface area (Å²) in [6, 6.07) is 6.42. The monoisotopic (exact) mass is 602 g/mol. The number of halogens is 2. The van der Waals surface area contributed by atoms with E-state index in [4.69, 9.17) is 9.47 Å². The number of hydrogen-bond donors (Lipinski definition) is 9. The van der Waals surface area contributed by atoms with Gasteiger partial charge in [0.25, 0.3) is 0 Å². The maximum Gasteiger partial charge on any atom is 0.453 e. The molecule has 14 nitrogen and oxygen atoms in total. The number of ether oxygens (including phenoxy) is 2. The van der Waals surface area contributed by atoms with E-state index in [1.165, 1.54) is 19.2 Å². The molecule has 16 heteroatoms. The third-order valence-corrected chi connectivity index (χ3v) is 6.37. The van der Waals surface area contributed by atoms with Gasteiger partial charge in [-0.1, -0.05) is 15.9 Å². The zero-order chi connectivity index (χ0) is 28.1. The molecule has 4 rings (SSSR count). The fourth-order valence-electron chi connectivity index (χ4n) is 4.03. The van der Waals surface area contributed by atoms with Crippen LogP contribution in [0.15, 0.2) is 41.1 Å². The SMILES string of the molecule is CN1CC(O)(O)C(O)(COc2cc3ncnc(Nc4ccc(Br)cc4F)c3cc2OC(O)(O)O)C(O)(O)C1. The highest BCUT2D eigenvalue weighted by atomic mass is 79.9. The molecular formula is C22H24BrFN4O10. The number of anilines is 2. The molecular weight excluding hydrogens is 579 g/mol. The molecule has 9 N–H and O–H groups in total. The number of hydrogen-bond acceptors (Lipinski definition) is 14. The number of aliphatic hydroxyl groups is 8. The first-order valence-electron chi connectivity index (χ1n) is 10.8. The minimum atomic E-state index is -3.72. The highest BCUT2D eigenvalue weighted by Crippen LogP contribution is 2.40. The van der Waals surface area contributed by atoms with Crippen molar-refractivity contribution in [3.8, 4) is 11.5 Å². The normalized spacial score (nSPS) is 18.8. The maximum atomic E-state index is 14.4. The molecule has 38 heavy (non-hydrogen) atoms. The Labute approximate surface area is 221 Å². The lowest BCUT2D eigenvalue weighted by Gasteiger charge is -2.52. The van der Waals surface area contributed by atoms with Gasteiger partial charge in [-0.2, -0.15) is 0 Å². The highest BCUT2D eigenvalue weighted by Gasteiger charge is 2.66. The van der Waals surface area contributed by atoms with Crippen molar-refractivity contribution in [2.24, 2.45) is 0 Å². The molecule has 0 atom stereocenters. The molecule has 3 aromatic rings. The van der Waals surface area contributed by atoms with Crippen molar-refractivity contribution >= 4 is 38.3 Å². The number of β-amino-alcohol motifs (C(OH)–C–C–N with tert-alkyl or cyclic N) is 4. The van der Waals surface area contributed by atoms with Crippen LogP contribution in [0.4, 0.5) is 15.9 Å². The molecule has 206 valence electrons. The Hall–Kier alpha value is -2.77. The molecule has 0 bridgehead atoms. The van der Waals surface area contributed by atoms with Gasteiger partial charge in [0, 0.05) is 15.9 Å². The van der Waals surface area contributed by atoms with E-state index in [-0.39, 0.29) is 22.4 Å². The van der Waals surface area contributed by atoms with Gasteiger partial charge in [-0.25, -0.2) is 14.4 Å². The third-order valence-electron chi connectivity index (χ3n) is 5.87. The fourth-order valence-corrected chi connectivity index (χ4v) is 4.36. The number of benzene rings is 2. The zero-order valence-electron chi connectivity index (χ0n) is 19.6. The average Bonchev–Trinajstić information content (AvgIpc) is 2.76. The zero-order valence-corrected chi connectivity index (χ0v) is 21.2.